The Hall–Kier alpha value is -12.8. The zero-order valence-corrected chi connectivity index (χ0v) is 83.8. The van der Waals surface area contributed by atoms with Crippen LogP contribution in [0, 0.1) is 13.1 Å². The standard InChI is InChI=1S/C46H55N12O12PS.C42H46N11O9P.C3H7N3O3S/c1-29(2)64-23-35-34(22-38(68-35)58-28-53-40-42(49-26-51-44(40)58)55-46(60)32-15-11-8-12-16-32)70-71(65-18-17-47-5,56-72(61,62)20-19-63-6)66-24-36-33(67-30(3)4)21-37(69-36)57-27-52-39-41(48-25-50-43(39)57)54-45(59)31-13-9-7-10-14-31;1-25(2)56-18-31-30(17-34(60-31)53-23-49-36-38(45-21-47-40(36)53)51-42(55)28-14-10-7-11-15-28)62-63(58-24-43-5)57-19-32-29(59-26(3)4)16-33(61-32)52-22-48-35-37(44-20-46-39(35)52)50-41(54)27-12-8-6-9-13-27;1-9-2-3-10(7,8)6-5-4/h7-16,25-30,33-38H,17-24H2,1-4,6H3,(H,48,50,54,59)(H,49,51,55,60);6-15,20-23,25-26,29-34H,16-19,24H2,1-4H3,(H,44,46,50,54)(H,45,47,51,55);2-3H2,1H3/t33-,34-,35-,36-,37-,38-,71?;29-,30-,31-,32-,33-,34-,63?;/m11./s1. The van der Waals surface area contributed by atoms with Crippen molar-refractivity contribution >= 4 is 128 Å². The molecule has 0 saturated carbocycles. The Kier molecular flexibility index (Phi) is 38.2. The van der Waals surface area contributed by atoms with Gasteiger partial charge in [-0.25, -0.2) is 94.3 Å². The van der Waals surface area contributed by atoms with Gasteiger partial charge in [-0.15, -0.1) is 4.15 Å². The van der Waals surface area contributed by atoms with E-state index >= 15 is 0 Å². The quantitative estimate of drug-likeness (QED) is 0.00687. The van der Waals surface area contributed by atoms with Gasteiger partial charge < -0.3 is 82.5 Å². The van der Waals surface area contributed by atoms with E-state index in [9.17, 15) is 36.0 Å². The summed E-state index contributed by atoms with van der Waals surface area (Å²) in [6.07, 6.45) is 3.62. The molecule has 4 aliphatic rings. The molecule has 50 nitrogen and oxygen atoms in total. The molecular formula is C91H108N26O24P2S2. The highest BCUT2D eigenvalue weighted by Gasteiger charge is 2.48. The highest BCUT2D eigenvalue weighted by Crippen LogP contribution is 2.58. The molecule has 8 aromatic heterocycles. The van der Waals surface area contributed by atoms with Crippen molar-refractivity contribution in [2.24, 2.45) is 8.67 Å². The molecule has 0 bridgehead atoms. The largest absolute Gasteiger partial charge is 0.384 e. The van der Waals surface area contributed by atoms with E-state index in [-0.39, 0.29) is 149 Å². The van der Waals surface area contributed by atoms with E-state index < -0.39 is 122 Å². The van der Waals surface area contributed by atoms with Gasteiger partial charge in [0.05, 0.1) is 119 Å². The van der Waals surface area contributed by atoms with E-state index in [1.54, 1.807) is 134 Å². The molecule has 0 radical (unpaired) electrons. The highest BCUT2D eigenvalue weighted by molar-refractivity contribution is 7.93. The SMILES string of the molecule is COCCS(=O)(=O)N=[N+]=[N-].[C-]#[N+]CCOP(=NS(=O)(=O)CCOC)(OC[C@H]1O[C@@H](n2cnc3c(NC(=O)c4ccccc4)ncnc32)C[C@H]1OC(C)C)O[C@@H]1C[C@H](n2cnc3c(NC(=O)c4ccccc4)ncnc32)O[C@@H]1COC(C)C.[C-]#[N+]COP(OC[C@H]1O[C@@H](n2cnc3c(NC(=O)c4ccccc4)ncnc32)C[C@H]1OC(C)C)O[C@@H]1C[C@H](n2cnc3c(NC(=O)c4ccccc4)ncnc32)O[C@@H]1COC(C)C. The summed E-state index contributed by atoms with van der Waals surface area (Å²) in [6.45, 7) is 29.0. The molecule has 145 heavy (non-hydrogen) atoms. The maximum absolute atomic E-state index is 13.9. The second kappa shape index (κ2) is 51.3. The van der Waals surface area contributed by atoms with Gasteiger partial charge in [0.25, 0.3) is 33.7 Å². The number of hydrogen-bond acceptors (Lipinski definition) is 36. The number of carbonyl (C=O) groups excluding carboxylic acids is 4. The summed E-state index contributed by atoms with van der Waals surface area (Å²) in [5, 5.41) is 11.3. The minimum atomic E-state index is -4.41. The summed E-state index contributed by atoms with van der Waals surface area (Å²) in [4.78, 5) is 114. The lowest BCUT2D eigenvalue weighted by Crippen LogP contribution is -2.33. The molecule has 0 aliphatic carbocycles. The van der Waals surface area contributed by atoms with Gasteiger partial charge in [0, 0.05) is 71.6 Å². The number of imidazole rings is 4. The van der Waals surface area contributed by atoms with Gasteiger partial charge in [0.15, 0.2) is 67.9 Å². The summed E-state index contributed by atoms with van der Waals surface area (Å²) in [6, 6.07) is 35.0. The lowest BCUT2D eigenvalue weighted by atomic mass is 10.2. The van der Waals surface area contributed by atoms with Crippen LogP contribution < -0.4 is 21.3 Å². The van der Waals surface area contributed by atoms with Gasteiger partial charge >= 0.3 is 23.1 Å². The molecule has 4 fully saturated rings. The smallest absolute Gasteiger partial charge is 0.371 e. The third-order valence-electron chi connectivity index (χ3n) is 21.9. The monoisotopic (exact) mass is 2070 g/mol. The molecule has 768 valence electrons. The second-order valence-electron chi connectivity index (χ2n) is 33.6. The zero-order valence-electron chi connectivity index (χ0n) is 80.4. The van der Waals surface area contributed by atoms with E-state index in [4.69, 9.17) is 88.4 Å². The molecule has 4 aliphatic heterocycles. The molecule has 0 spiro atoms. The fourth-order valence-corrected chi connectivity index (χ4v) is 20.8. The van der Waals surface area contributed by atoms with E-state index in [1.807, 2.05) is 73.6 Å². The van der Waals surface area contributed by atoms with E-state index in [0.29, 0.717) is 74.2 Å². The van der Waals surface area contributed by atoms with Crippen LogP contribution in [0.3, 0.4) is 0 Å². The molecule has 2 unspecified atom stereocenters. The number of methoxy groups -OCH3 is 2. The maximum Gasteiger partial charge on any atom is 0.371 e. The van der Waals surface area contributed by atoms with E-state index in [0.717, 1.165) is 0 Å². The Bertz CT molecular complexity index is 6830. The van der Waals surface area contributed by atoms with Crippen LogP contribution in [-0.4, -0.2) is 277 Å². The third kappa shape index (κ3) is 28.9. The van der Waals surface area contributed by atoms with Crippen LogP contribution in [0.15, 0.2) is 181 Å². The number of hydrogen-bond donors (Lipinski definition) is 4. The van der Waals surface area contributed by atoms with Crippen LogP contribution in [0.2, 0.25) is 0 Å². The fraction of sp³-hybridized carbons (Fsp3) is 0.451. The molecule has 12 aromatic rings. The van der Waals surface area contributed by atoms with Crippen LogP contribution in [0.1, 0.15) is 147 Å². The number of aromatic nitrogens is 16. The van der Waals surface area contributed by atoms with Crippen molar-refractivity contribution in [2.75, 3.05) is 107 Å². The number of amides is 4. The predicted molar refractivity (Wildman–Crippen MR) is 524 cm³/mol. The van der Waals surface area contributed by atoms with Crippen LogP contribution >= 0.6 is 16.3 Å². The van der Waals surface area contributed by atoms with Gasteiger partial charge in [-0.1, -0.05) is 72.8 Å². The van der Waals surface area contributed by atoms with Crippen LogP contribution in [0.5, 0.6) is 0 Å². The molecule has 4 N–H and O–H groups in total. The van der Waals surface area contributed by atoms with E-state index in [2.05, 4.69) is 109 Å². The van der Waals surface area contributed by atoms with Gasteiger partial charge in [-0.05, 0) is 109 Å². The minimum absolute atomic E-state index is 0.00229. The number of benzene rings is 4. The summed E-state index contributed by atoms with van der Waals surface area (Å²) in [5.41, 5.74) is 12.5. The number of anilines is 4. The molecule has 4 aromatic carbocycles. The molecular weight excluding hydrogens is 1970 g/mol. The van der Waals surface area contributed by atoms with Crippen molar-refractivity contribution in [3.8, 4) is 0 Å². The number of nitrogens with zero attached hydrogens (tertiary/aromatic N) is 22. The number of nitrogens with one attached hydrogen (secondary N) is 4. The Balaban J connectivity index is 0.000000211. The third-order valence-corrected chi connectivity index (χ3v) is 28.1. The molecule has 54 heteroatoms. The predicted octanol–water partition coefficient (Wildman–Crippen LogP) is 13.0. The Morgan fingerprint density at radius 2 is 0.786 bits per heavy atom. The van der Waals surface area contributed by atoms with Crippen LogP contribution in [0.4, 0.5) is 23.3 Å². The lowest BCUT2D eigenvalue weighted by molar-refractivity contribution is -0.0807. The summed E-state index contributed by atoms with van der Waals surface area (Å²) < 4.78 is 161. The number of rotatable bonds is 45. The number of azide groups is 1. The lowest BCUT2D eigenvalue weighted by Gasteiger charge is -2.29. The first-order valence-corrected chi connectivity index (χ1v) is 51.6. The molecule has 14 atom stereocenters. The summed E-state index contributed by atoms with van der Waals surface area (Å²) in [5.74, 6) is -1.35. The first-order valence-electron chi connectivity index (χ1n) is 45.8. The van der Waals surface area contributed by atoms with Crippen LogP contribution in [-0.2, 0) is 94.6 Å². The second-order valence-corrected chi connectivity index (χ2v) is 40.4. The topological polar surface area (TPSA) is 577 Å². The zero-order chi connectivity index (χ0) is 103. The number of carbonyl (C=O) groups is 4. The highest BCUT2D eigenvalue weighted by atomic mass is 32.2. The first-order chi connectivity index (χ1) is 70.0. The number of ether oxygens (including phenoxy) is 10. The molecule has 4 saturated heterocycles. The van der Waals surface area contributed by atoms with Gasteiger partial charge in [-0.3, -0.25) is 55.9 Å². The minimum Gasteiger partial charge on any atom is -0.384 e. The van der Waals surface area contributed by atoms with Crippen molar-refractivity contribution in [2.45, 2.75) is 179 Å². The van der Waals surface area contributed by atoms with Crippen molar-refractivity contribution < 1.29 is 111 Å². The maximum atomic E-state index is 13.9. The molecule has 16 rings (SSSR count). The van der Waals surface area contributed by atoms with Crippen molar-refractivity contribution in [3.05, 3.63) is 227 Å². The summed E-state index contributed by atoms with van der Waals surface area (Å²) in [7, 11) is -11.8. The first kappa shape index (κ1) is 108. The normalized spacial score (nSPS) is 20.6. The van der Waals surface area contributed by atoms with Crippen molar-refractivity contribution in [3.63, 3.8) is 0 Å². The van der Waals surface area contributed by atoms with Gasteiger partial charge in [0.1, 0.15) is 87.3 Å². The average molecular weight is 2080 g/mol. The number of fused-ring (bicyclic) bond motifs is 4. The summed E-state index contributed by atoms with van der Waals surface area (Å²) >= 11 is 0. The van der Waals surface area contributed by atoms with Crippen LogP contribution in [0.25, 0.3) is 64.8 Å². The Labute approximate surface area is 834 Å². The van der Waals surface area contributed by atoms with E-state index in [1.165, 1.54) is 52.2 Å². The van der Waals surface area contributed by atoms with Gasteiger partial charge in [-0.2, -0.15) is 0 Å². The average Bonchev–Trinajstić information content (AvgIpc) is 1.57. The van der Waals surface area contributed by atoms with Gasteiger partial charge in [0.2, 0.25) is 16.6 Å². The Morgan fingerprint density at radius 1 is 0.441 bits per heavy atom. The molecule has 4 amide bonds. The van der Waals surface area contributed by atoms with Crippen molar-refractivity contribution in [1.29, 1.82) is 0 Å². The Morgan fingerprint density at radius 3 is 1.13 bits per heavy atom. The fourth-order valence-electron chi connectivity index (χ4n) is 15.4. The number of sulfonamides is 2. The molecule has 12 heterocycles. The van der Waals surface area contributed by atoms with Crippen molar-refractivity contribution in [1.82, 2.24) is 78.1 Å².